The normalized spacial score (nSPS) is 16.1. The number of ether oxygens (including phenoxy) is 3. The van der Waals surface area contributed by atoms with E-state index in [9.17, 15) is 9.59 Å². The van der Waals surface area contributed by atoms with Gasteiger partial charge in [-0.3, -0.25) is 9.80 Å². The van der Waals surface area contributed by atoms with Crippen molar-refractivity contribution in [1.29, 1.82) is 0 Å². The van der Waals surface area contributed by atoms with Crippen LogP contribution in [-0.4, -0.2) is 59.1 Å². The third-order valence-electron chi connectivity index (χ3n) is 3.82. The first-order chi connectivity index (χ1) is 12.9. The summed E-state index contributed by atoms with van der Waals surface area (Å²) in [7, 11) is 0. The van der Waals surface area contributed by atoms with E-state index in [4.69, 9.17) is 14.2 Å². The van der Waals surface area contributed by atoms with Crippen LogP contribution in [0.2, 0.25) is 0 Å². The number of rotatable bonds is 3. The Balaban J connectivity index is 2.08. The van der Waals surface area contributed by atoms with Crippen LogP contribution in [0.3, 0.4) is 0 Å². The van der Waals surface area contributed by atoms with E-state index in [0.29, 0.717) is 19.7 Å². The van der Waals surface area contributed by atoms with Crippen molar-refractivity contribution < 1.29 is 23.8 Å². The Morgan fingerprint density at radius 3 is 1.79 bits per heavy atom. The van der Waals surface area contributed by atoms with Gasteiger partial charge >= 0.3 is 12.2 Å². The van der Waals surface area contributed by atoms with Gasteiger partial charge in [0.05, 0.1) is 25.8 Å². The summed E-state index contributed by atoms with van der Waals surface area (Å²) >= 11 is 0. The maximum Gasteiger partial charge on any atom is 0.411 e. The average molecular weight is 392 g/mol. The lowest BCUT2D eigenvalue weighted by atomic mass is 10.2. The largest absolute Gasteiger partial charge is 0.444 e. The molecule has 0 spiro atoms. The van der Waals surface area contributed by atoms with Gasteiger partial charge in [-0.1, -0.05) is 30.3 Å². The molecule has 28 heavy (non-hydrogen) atoms. The maximum absolute atomic E-state index is 12.6. The molecule has 2 amide bonds. The van der Waals surface area contributed by atoms with Gasteiger partial charge in [-0.2, -0.15) is 0 Å². The minimum atomic E-state index is -0.619. The summed E-state index contributed by atoms with van der Waals surface area (Å²) in [5.74, 6) is 0. The molecule has 0 bridgehead atoms. The van der Waals surface area contributed by atoms with E-state index in [0.717, 1.165) is 5.56 Å². The second kappa shape index (κ2) is 8.82. The highest BCUT2D eigenvalue weighted by Crippen LogP contribution is 2.19. The second-order valence-corrected chi connectivity index (χ2v) is 8.97. The van der Waals surface area contributed by atoms with Crippen LogP contribution in [0, 0.1) is 0 Å². The second-order valence-electron chi connectivity index (χ2n) is 8.97. The summed E-state index contributed by atoms with van der Waals surface area (Å²) in [6, 6.07) is 9.78. The van der Waals surface area contributed by atoms with Crippen LogP contribution < -0.4 is 0 Å². The highest BCUT2D eigenvalue weighted by molar-refractivity contribution is 5.71. The van der Waals surface area contributed by atoms with Gasteiger partial charge in [0.15, 0.2) is 0 Å². The van der Waals surface area contributed by atoms with Crippen LogP contribution in [0.1, 0.15) is 47.1 Å². The molecule has 1 aromatic rings. The van der Waals surface area contributed by atoms with Gasteiger partial charge in [-0.05, 0) is 47.1 Å². The van der Waals surface area contributed by atoms with Crippen LogP contribution in [0.4, 0.5) is 9.59 Å². The Bertz CT molecular complexity index is 628. The molecule has 0 saturated carbocycles. The molecule has 0 atom stereocenters. The van der Waals surface area contributed by atoms with E-state index in [1.807, 2.05) is 71.9 Å². The van der Waals surface area contributed by atoms with Crippen molar-refractivity contribution in [2.24, 2.45) is 0 Å². The standard InChI is InChI=1S/C21H32N2O5/c1-20(2,3)27-18(24)22-12-17(26-14-16-10-8-7-9-11-16)13-23(15-22)19(25)28-21(4,5)6/h7-11,17H,12-15H2,1-6H3. The molecule has 0 radical (unpaired) electrons. The van der Waals surface area contributed by atoms with Crippen molar-refractivity contribution in [2.75, 3.05) is 19.8 Å². The molecule has 0 aliphatic carbocycles. The van der Waals surface area contributed by atoms with E-state index >= 15 is 0 Å². The molecule has 1 heterocycles. The fourth-order valence-corrected chi connectivity index (χ4v) is 2.68. The Kier molecular flexibility index (Phi) is 6.93. The van der Waals surface area contributed by atoms with Gasteiger partial charge in [0.25, 0.3) is 0 Å². The van der Waals surface area contributed by atoms with Crippen LogP contribution >= 0.6 is 0 Å². The van der Waals surface area contributed by atoms with Gasteiger partial charge in [0.1, 0.15) is 17.9 Å². The van der Waals surface area contributed by atoms with Crippen molar-refractivity contribution >= 4 is 12.2 Å². The number of carbonyl (C=O) groups excluding carboxylic acids is 2. The zero-order valence-corrected chi connectivity index (χ0v) is 17.7. The molecule has 156 valence electrons. The molecular formula is C21H32N2O5. The highest BCUT2D eigenvalue weighted by atomic mass is 16.6. The lowest BCUT2D eigenvalue weighted by Gasteiger charge is -2.40. The average Bonchev–Trinajstić information content (AvgIpc) is 2.57. The predicted octanol–water partition coefficient (Wildman–Crippen LogP) is 4.02. The Labute approximate surface area is 167 Å². The first kappa shape index (κ1) is 22.0. The zero-order chi connectivity index (χ0) is 20.9. The molecule has 7 heteroatoms. The molecule has 1 aliphatic heterocycles. The van der Waals surface area contributed by atoms with Crippen LogP contribution in [0.15, 0.2) is 30.3 Å². The molecule has 1 saturated heterocycles. The van der Waals surface area contributed by atoms with Crippen molar-refractivity contribution in [3.63, 3.8) is 0 Å². The third-order valence-corrected chi connectivity index (χ3v) is 3.82. The summed E-state index contributed by atoms with van der Waals surface area (Å²) in [6.45, 7) is 12.1. The van der Waals surface area contributed by atoms with Crippen molar-refractivity contribution in [3.8, 4) is 0 Å². The van der Waals surface area contributed by atoms with Gasteiger partial charge in [0.2, 0.25) is 0 Å². The van der Waals surface area contributed by atoms with E-state index in [-0.39, 0.29) is 12.8 Å². The number of carbonyl (C=O) groups is 2. The van der Waals surface area contributed by atoms with Crippen molar-refractivity contribution in [3.05, 3.63) is 35.9 Å². The molecular weight excluding hydrogens is 360 g/mol. The Hall–Kier alpha value is -2.28. The van der Waals surface area contributed by atoms with Gasteiger partial charge in [0, 0.05) is 0 Å². The quantitative estimate of drug-likeness (QED) is 0.777. The van der Waals surface area contributed by atoms with E-state index in [1.54, 1.807) is 0 Å². The first-order valence-electron chi connectivity index (χ1n) is 9.54. The molecule has 1 fully saturated rings. The fourth-order valence-electron chi connectivity index (χ4n) is 2.68. The maximum atomic E-state index is 12.6. The van der Waals surface area contributed by atoms with E-state index < -0.39 is 23.4 Å². The molecule has 2 rings (SSSR count). The monoisotopic (exact) mass is 392 g/mol. The molecule has 7 nitrogen and oxygen atoms in total. The number of hydrogen-bond donors (Lipinski definition) is 0. The topological polar surface area (TPSA) is 68.3 Å². The third kappa shape index (κ3) is 7.38. The van der Waals surface area contributed by atoms with Crippen molar-refractivity contribution in [1.82, 2.24) is 9.80 Å². The minimum Gasteiger partial charge on any atom is -0.444 e. The summed E-state index contributed by atoms with van der Waals surface area (Å²) in [5.41, 5.74) is -0.210. The van der Waals surface area contributed by atoms with Crippen molar-refractivity contribution in [2.45, 2.75) is 65.5 Å². The first-order valence-corrected chi connectivity index (χ1v) is 9.54. The SMILES string of the molecule is CC(C)(C)OC(=O)N1CC(OCc2ccccc2)CN(C(=O)OC(C)(C)C)C1. The molecule has 1 aromatic carbocycles. The minimum absolute atomic E-state index is 0.106. The summed E-state index contributed by atoms with van der Waals surface area (Å²) in [6.07, 6.45) is -1.29. The number of benzene rings is 1. The smallest absolute Gasteiger partial charge is 0.411 e. The fraction of sp³-hybridized carbons (Fsp3) is 0.619. The van der Waals surface area contributed by atoms with Crippen LogP contribution in [0.25, 0.3) is 0 Å². The lowest BCUT2D eigenvalue weighted by Crippen LogP contribution is -2.57. The molecule has 1 aliphatic rings. The Morgan fingerprint density at radius 1 is 0.893 bits per heavy atom. The summed E-state index contributed by atoms with van der Waals surface area (Å²) < 4.78 is 16.9. The van der Waals surface area contributed by atoms with E-state index in [2.05, 4.69) is 0 Å². The number of nitrogens with zero attached hydrogens (tertiary/aromatic N) is 2. The molecule has 0 aromatic heterocycles. The number of amides is 2. The summed E-state index contributed by atoms with van der Waals surface area (Å²) in [5, 5.41) is 0. The Morgan fingerprint density at radius 2 is 1.36 bits per heavy atom. The highest BCUT2D eigenvalue weighted by Gasteiger charge is 2.35. The van der Waals surface area contributed by atoms with Gasteiger partial charge in [-0.25, -0.2) is 9.59 Å². The van der Waals surface area contributed by atoms with Gasteiger partial charge < -0.3 is 14.2 Å². The summed E-state index contributed by atoms with van der Waals surface area (Å²) in [4.78, 5) is 28.1. The number of hydrogen-bond acceptors (Lipinski definition) is 5. The van der Waals surface area contributed by atoms with Crippen LogP contribution in [-0.2, 0) is 20.8 Å². The van der Waals surface area contributed by atoms with Crippen LogP contribution in [0.5, 0.6) is 0 Å². The lowest BCUT2D eigenvalue weighted by molar-refractivity contribution is -0.0662. The van der Waals surface area contributed by atoms with Gasteiger partial charge in [-0.15, -0.1) is 0 Å². The van der Waals surface area contributed by atoms with E-state index in [1.165, 1.54) is 9.80 Å². The predicted molar refractivity (Wildman–Crippen MR) is 106 cm³/mol. The molecule has 0 unspecified atom stereocenters. The molecule has 0 N–H and O–H groups in total. The zero-order valence-electron chi connectivity index (χ0n) is 17.7.